The Morgan fingerprint density at radius 3 is 2.87 bits per heavy atom. The van der Waals surface area contributed by atoms with Crippen LogP contribution in [-0.2, 0) is 6.54 Å². The monoisotopic (exact) mass is 310 g/mol. The molecule has 1 saturated heterocycles. The Bertz CT molecular complexity index is 781. The van der Waals surface area contributed by atoms with Gasteiger partial charge in [-0.2, -0.15) is 4.98 Å². The van der Waals surface area contributed by atoms with Crippen LogP contribution in [-0.4, -0.2) is 26.6 Å². The number of hydrogen-bond donors (Lipinski definition) is 0. The zero-order chi connectivity index (χ0) is 15.6. The molecule has 3 heterocycles. The number of aromatic nitrogens is 3. The summed E-state index contributed by atoms with van der Waals surface area (Å²) >= 11 is 0. The predicted octanol–water partition coefficient (Wildman–Crippen LogP) is 3.37. The lowest BCUT2D eigenvalue weighted by Crippen LogP contribution is -2.23. The van der Waals surface area contributed by atoms with E-state index in [9.17, 15) is 0 Å². The number of oxazole rings is 1. The van der Waals surface area contributed by atoms with E-state index in [1.54, 1.807) is 6.26 Å². The molecule has 0 radical (unpaired) electrons. The van der Waals surface area contributed by atoms with Crippen molar-refractivity contribution >= 4 is 0 Å². The van der Waals surface area contributed by atoms with Gasteiger partial charge in [-0.05, 0) is 19.4 Å². The third kappa shape index (κ3) is 2.90. The van der Waals surface area contributed by atoms with Crippen molar-refractivity contribution in [3.8, 4) is 11.4 Å². The summed E-state index contributed by atoms with van der Waals surface area (Å²) in [5.41, 5.74) is 1.91. The zero-order valence-corrected chi connectivity index (χ0v) is 13.0. The fourth-order valence-corrected chi connectivity index (χ4v) is 3.06. The molecule has 23 heavy (non-hydrogen) atoms. The number of likely N-dealkylation sites (tertiary alicyclic amines) is 1. The molecule has 0 bridgehead atoms. The second-order valence-corrected chi connectivity index (χ2v) is 5.81. The lowest BCUT2D eigenvalue weighted by molar-refractivity contribution is 0.199. The first-order valence-electron chi connectivity index (χ1n) is 7.84. The van der Waals surface area contributed by atoms with Gasteiger partial charge in [0.2, 0.25) is 11.7 Å². The third-order valence-corrected chi connectivity index (χ3v) is 4.15. The summed E-state index contributed by atoms with van der Waals surface area (Å²) in [6.07, 6.45) is 3.85. The molecule has 1 aliphatic heterocycles. The summed E-state index contributed by atoms with van der Waals surface area (Å²) in [7, 11) is 0. The fourth-order valence-electron chi connectivity index (χ4n) is 3.06. The second-order valence-electron chi connectivity index (χ2n) is 5.81. The van der Waals surface area contributed by atoms with E-state index < -0.39 is 0 Å². The van der Waals surface area contributed by atoms with Gasteiger partial charge in [-0.1, -0.05) is 35.5 Å². The van der Waals surface area contributed by atoms with Gasteiger partial charge in [0.15, 0.2) is 5.89 Å². The Hall–Kier alpha value is -2.47. The molecule has 0 N–H and O–H groups in total. The molecule has 118 valence electrons. The van der Waals surface area contributed by atoms with Gasteiger partial charge in [0.05, 0.1) is 11.7 Å². The van der Waals surface area contributed by atoms with Crippen molar-refractivity contribution in [3.63, 3.8) is 0 Å². The molecule has 3 aromatic rings. The quantitative estimate of drug-likeness (QED) is 0.736. The number of aryl methyl sites for hydroxylation is 1. The van der Waals surface area contributed by atoms with Gasteiger partial charge in [0.25, 0.3) is 0 Å². The van der Waals surface area contributed by atoms with Gasteiger partial charge >= 0.3 is 0 Å². The topological polar surface area (TPSA) is 68.2 Å². The Balaban J connectivity index is 1.54. The maximum absolute atomic E-state index is 5.53. The Kier molecular flexibility index (Phi) is 3.67. The first kappa shape index (κ1) is 14.1. The van der Waals surface area contributed by atoms with Crippen LogP contribution in [0.2, 0.25) is 0 Å². The van der Waals surface area contributed by atoms with Crippen molar-refractivity contribution in [1.29, 1.82) is 0 Å². The summed E-state index contributed by atoms with van der Waals surface area (Å²) in [5, 5.41) is 4.13. The molecule has 6 heteroatoms. The highest BCUT2D eigenvalue weighted by Gasteiger charge is 2.31. The van der Waals surface area contributed by atoms with Gasteiger partial charge < -0.3 is 8.94 Å². The van der Waals surface area contributed by atoms with E-state index in [0.29, 0.717) is 17.6 Å². The molecule has 1 fully saturated rings. The van der Waals surface area contributed by atoms with E-state index >= 15 is 0 Å². The van der Waals surface area contributed by atoms with E-state index in [1.165, 1.54) is 0 Å². The van der Waals surface area contributed by atoms with Gasteiger partial charge in [-0.3, -0.25) is 4.90 Å². The van der Waals surface area contributed by atoms with E-state index in [2.05, 4.69) is 20.0 Å². The number of hydrogen-bond acceptors (Lipinski definition) is 6. The van der Waals surface area contributed by atoms with E-state index in [1.807, 2.05) is 37.3 Å². The second kappa shape index (κ2) is 5.96. The van der Waals surface area contributed by atoms with Gasteiger partial charge in [-0.15, -0.1) is 0 Å². The summed E-state index contributed by atoms with van der Waals surface area (Å²) in [6.45, 7) is 3.60. The highest BCUT2D eigenvalue weighted by molar-refractivity contribution is 5.53. The minimum absolute atomic E-state index is 0.150. The third-order valence-electron chi connectivity index (χ3n) is 4.15. The largest absolute Gasteiger partial charge is 0.449 e. The molecular formula is C17H18N4O2. The maximum Gasteiger partial charge on any atom is 0.244 e. The van der Waals surface area contributed by atoms with Gasteiger partial charge in [0.1, 0.15) is 6.26 Å². The van der Waals surface area contributed by atoms with Crippen LogP contribution in [0.1, 0.15) is 36.4 Å². The standard InChI is InChI=1S/C17H18N4O2/c1-12-18-14(11-22-12)10-21-9-5-8-15(21)17-19-16(20-23-17)13-6-3-2-4-7-13/h2-4,6-7,11,15H,5,8-10H2,1H3/t15-/m0/s1. The molecule has 1 aliphatic rings. The Morgan fingerprint density at radius 1 is 1.22 bits per heavy atom. The molecule has 1 atom stereocenters. The van der Waals surface area contributed by atoms with E-state index in [-0.39, 0.29) is 6.04 Å². The van der Waals surface area contributed by atoms with Crippen LogP contribution < -0.4 is 0 Å². The van der Waals surface area contributed by atoms with Crippen molar-refractivity contribution in [2.75, 3.05) is 6.54 Å². The molecule has 1 aromatic carbocycles. The van der Waals surface area contributed by atoms with Gasteiger partial charge in [0, 0.05) is 19.0 Å². The molecule has 0 aliphatic carbocycles. The van der Waals surface area contributed by atoms with Crippen LogP contribution in [0.4, 0.5) is 0 Å². The molecular weight excluding hydrogens is 292 g/mol. The summed E-state index contributed by atoms with van der Waals surface area (Å²) in [4.78, 5) is 11.3. The highest BCUT2D eigenvalue weighted by atomic mass is 16.5. The van der Waals surface area contributed by atoms with Crippen LogP contribution >= 0.6 is 0 Å². The molecule has 0 saturated carbocycles. The number of benzene rings is 1. The van der Waals surface area contributed by atoms with Crippen LogP contribution in [0.25, 0.3) is 11.4 Å². The summed E-state index contributed by atoms with van der Waals surface area (Å²) < 4.78 is 10.8. The van der Waals surface area contributed by atoms with Crippen molar-refractivity contribution in [2.24, 2.45) is 0 Å². The first-order valence-corrected chi connectivity index (χ1v) is 7.84. The minimum Gasteiger partial charge on any atom is -0.449 e. The van der Waals surface area contributed by atoms with Crippen molar-refractivity contribution < 1.29 is 8.94 Å². The van der Waals surface area contributed by atoms with Crippen molar-refractivity contribution in [3.05, 3.63) is 54.1 Å². The van der Waals surface area contributed by atoms with Crippen molar-refractivity contribution in [1.82, 2.24) is 20.0 Å². The molecule has 0 unspecified atom stereocenters. The summed E-state index contributed by atoms with van der Waals surface area (Å²) in [5.74, 6) is 2.02. The maximum atomic E-state index is 5.53. The van der Waals surface area contributed by atoms with Crippen LogP contribution in [0, 0.1) is 6.92 Å². The van der Waals surface area contributed by atoms with Crippen LogP contribution in [0.5, 0.6) is 0 Å². The summed E-state index contributed by atoms with van der Waals surface area (Å²) in [6, 6.07) is 10.0. The van der Waals surface area contributed by atoms with E-state index in [4.69, 9.17) is 8.94 Å². The SMILES string of the molecule is Cc1nc(CN2CCC[C@H]2c2nc(-c3ccccc3)no2)co1. The van der Waals surface area contributed by atoms with Crippen LogP contribution in [0.15, 0.2) is 45.5 Å². The normalized spacial score (nSPS) is 18.6. The Labute approximate surface area is 134 Å². The first-order chi connectivity index (χ1) is 11.3. The zero-order valence-electron chi connectivity index (χ0n) is 13.0. The molecule has 0 amide bonds. The highest BCUT2D eigenvalue weighted by Crippen LogP contribution is 2.33. The Morgan fingerprint density at radius 2 is 2.09 bits per heavy atom. The number of nitrogens with zero attached hydrogens (tertiary/aromatic N) is 4. The van der Waals surface area contributed by atoms with Gasteiger partial charge in [-0.25, -0.2) is 4.98 Å². The molecule has 2 aromatic heterocycles. The minimum atomic E-state index is 0.150. The lowest BCUT2D eigenvalue weighted by atomic mass is 10.2. The van der Waals surface area contributed by atoms with Crippen LogP contribution in [0.3, 0.4) is 0 Å². The van der Waals surface area contributed by atoms with Crippen molar-refractivity contribution in [2.45, 2.75) is 32.4 Å². The average molecular weight is 310 g/mol. The van der Waals surface area contributed by atoms with E-state index in [0.717, 1.165) is 37.2 Å². The lowest BCUT2D eigenvalue weighted by Gasteiger charge is -2.19. The average Bonchev–Trinajstić information content (AvgIpc) is 3.29. The molecule has 4 rings (SSSR count). The number of rotatable bonds is 4. The molecule has 0 spiro atoms. The predicted molar refractivity (Wildman–Crippen MR) is 83.4 cm³/mol. The molecule has 6 nitrogen and oxygen atoms in total. The fraction of sp³-hybridized carbons (Fsp3) is 0.353. The smallest absolute Gasteiger partial charge is 0.244 e.